The van der Waals surface area contributed by atoms with Gasteiger partial charge < -0.3 is 5.32 Å². The van der Waals surface area contributed by atoms with Crippen LogP contribution in [0.1, 0.15) is 48.8 Å². The van der Waals surface area contributed by atoms with Crippen LogP contribution in [0.15, 0.2) is 30.9 Å². The van der Waals surface area contributed by atoms with Gasteiger partial charge in [-0.3, -0.25) is 4.79 Å². The van der Waals surface area contributed by atoms with Crippen molar-refractivity contribution in [2.75, 3.05) is 6.54 Å². The highest BCUT2D eigenvalue weighted by Crippen LogP contribution is 2.34. The van der Waals surface area contributed by atoms with Crippen molar-refractivity contribution in [1.82, 2.24) is 5.32 Å². The molecule has 0 fully saturated rings. The van der Waals surface area contributed by atoms with E-state index in [1.807, 2.05) is 0 Å². The normalized spacial score (nSPS) is 17.6. The topological polar surface area (TPSA) is 29.1 Å². The molecule has 1 unspecified atom stereocenters. The zero-order valence-electron chi connectivity index (χ0n) is 11.7. The summed E-state index contributed by atoms with van der Waals surface area (Å²) in [5.74, 6) is 0.527. The van der Waals surface area contributed by atoms with Gasteiger partial charge in [-0.1, -0.05) is 31.7 Å². The summed E-state index contributed by atoms with van der Waals surface area (Å²) in [5, 5.41) is 2.88. The van der Waals surface area contributed by atoms with Gasteiger partial charge in [0.05, 0.1) is 0 Å². The van der Waals surface area contributed by atoms with Crippen LogP contribution in [0.3, 0.4) is 0 Å². The van der Waals surface area contributed by atoms with Gasteiger partial charge in [0.1, 0.15) is 0 Å². The molecule has 1 aromatic carbocycles. The minimum Gasteiger partial charge on any atom is -0.353 e. The maximum Gasteiger partial charge on any atom is 0.243 e. The third-order valence-corrected chi connectivity index (χ3v) is 4.03. The van der Waals surface area contributed by atoms with Crippen molar-refractivity contribution in [1.29, 1.82) is 0 Å². The highest BCUT2D eigenvalue weighted by atomic mass is 16.1. The van der Waals surface area contributed by atoms with E-state index in [9.17, 15) is 4.79 Å². The molecular weight excluding hydrogens is 234 g/mol. The van der Waals surface area contributed by atoms with E-state index in [1.54, 1.807) is 0 Å². The highest BCUT2D eigenvalue weighted by molar-refractivity contribution is 5.86. The fourth-order valence-corrected chi connectivity index (χ4v) is 2.91. The summed E-state index contributed by atoms with van der Waals surface area (Å²) in [6, 6.07) is 6.91. The van der Waals surface area contributed by atoms with Crippen LogP contribution in [0.25, 0.3) is 0 Å². The minimum absolute atomic E-state index is 0.0710. The fourth-order valence-electron chi connectivity index (χ4n) is 2.91. The van der Waals surface area contributed by atoms with Crippen LogP contribution in [0.2, 0.25) is 0 Å². The molecule has 1 atom stereocenters. The number of aryl methyl sites for hydroxylation is 2. The van der Waals surface area contributed by atoms with Crippen molar-refractivity contribution in [3.05, 3.63) is 47.5 Å². The van der Waals surface area contributed by atoms with Crippen LogP contribution in [0.4, 0.5) is 0 Å². The lowest BCUT2D eigenvalue weighted by molar-refractivity contribution is -0.116. The molecule has 19 heavy (non-hydrogen) atoms. The molecule has 0 saturated carbocycles. The van der Waals surface area contributed by atoms with E-state index in [0.717, 1.165) is 19.4 Å². The number of hydrogen-bond donors (Lipinski definition) is 1. The summed E-state index contributed by atoms with van der Waals surface area (Å²) in [7, 11) is 0. The van der Waals surface area contributed by atoms with Crippen molar-refractivity contribution in [2.45, 2.75) is 44.9 Å². The second-order valence-electron chi connectivity index (χ2n) is 5.26. The molecule has 0 radical (unpaired) electrons. The van der Waals surface area contributed by atoms with Crippen molar-refractivity contribution in [2.24, 2.45) is 0 Å². The second kappa shape index (κ2) is 6.55. The molecule has 1 aliphatic carbocycles. The van der Waals surface area contributed by atoms with Crippen LogP contribution in [0.5, 0.6) is 0 Å². The smallest absolute Gasteiger partial charge is 0.243 e. The van der Waals surface area contributed by atoms with Crippen molar-refractivity contribution < 1.29 is 4.79 Å². The summed E-state index contributed by atoms with van der Waals surface area (Å²) >= 11 is 0. The third kappa shape index (κ3) is 3.46. The molecule has 0 aliphatic heterocycles. The third-order valence-electron chi connectivity index (χ3n) is 4.03. The molecule has 0 spiro atoms. The lowest BCUT2D eigenvalue weighted by atomic mass is 9.80. The van der Waals surface area contributed by atoms with Crippen LogP contribution >= 0.6 is 0 Å². The Labute approximate surface area is 115 Å². The van der Waals surface area contributed by atoms with Gasteiger partial charge in [-0.15, -0.1) is 0 Å². The molecule has 2 heteroatoms. The monoisotopic (exact) mass is 257 g/mol. The van der Waals surface area contributed by atoms with Gasteiger partial charge in [0.2, 0.25) is 5.91 Å². The number of hydrogen-bond acceptors (Lipinski definition) is 1. The molecule has 2 rings (SSSR count). The Morgan fingerprint density at radius 2 is 2.37 bits per heavy atom. The number of carbonyl (C=O) groups excluding carboxylic acids is 1. The largest absolute Gasteiger partial charge is 0.353 e. The van der Waals surface area contributed by atoms with Gasteiger partial charge >= 0.3 is 0 Å². The van der Waals surface area contributed by atoms with Crippen LogP contribution < -0.4 is 5.32 Å². The molecule has 0 heterocycles. The number of carbonyl (C=O) groups is 1. The van der Waals surface area contributed by atoms with E-state index in [4.69, 9.17) is 0 Å². The standard InChI is InChI=1S/C17H23NO/c1-3-13-8-9-14-6-5-7-15(16(14)12-13)10-11-18-17(19)4-2/h4,8-9,12,15H,2-3,5-7,10-11H2,1H3,(H,18,19). The number of fused-ring (bicyclic) bond motifs is 1. The molecule has 102 valence electrons. The lowest BCUT2D eigenvalue weighted by Gasteiger charge is -2.26. The molecule has 2 nitrogen and oxygen atoms in total. The average Bonchev–Trinajstić information content (AvgIpc) is 2.46. The van der Waals surface area contributed by atoms with Gasteiger partial charge in [-0.05, 0) is 60.8 Å². The SMILES string of the molecule is C=CC(=O)NCCC1CCCc2ccc(CC)cc21. The Morgan fingerprint density at radius 1 is 1.53 bits per heavy atom. The number of nitrogens with one attached hydrogen (secondary N) is 1. The highest BCUT2D eigenvalue weighted by Gasteiger charge is 2.20. The Hall–Kier alpha value is -1.57. The van der Waals surface area contributed by atoms with E-state index in [0.29, 0.717) is 5.92 Å². The first-order valence-corrected chi connectivity index (χ1v) is 7.26. The van der Waals surface area contributed by atoms with Crippen molar-refractivity contribution >= 4 is 5.91 Å². The van der Waals surface area contributed by atoms with E-state index < -0.39 is 0 Å². The number of benzene rings is 1. The summed E-state index contributed by atoms with van der Waals surface area (Å²) < 4.78 is 0. The van der Waals surface area contributed by atoms with Crippen molar-refractivity contribution in [3.63, 3.8) is 0 Å². The number of rotatable bonds is 5. The Balaban J connectivity index is 2.04. The van der Waals surface area contributed by atoms with Gasteiger partial charge in [-0.25, -0.2) is 0 Å². The molecule has 0 saturated heterocycles. The molecule has 1 aliphatic rings. The van der Waals surface area contributed by atoms with Gasteiger partial charge in [0, 0.05) is 6.54 Å². The lowest BCUT2D eigenvalue weighted by Crippen LogP contribution is -2.24. The second-order valence-corrected chi connectivity index (χ2v) is 5.26. The summed E-state index contributed by atoms with van der Waals surface area (Å²) in [6.45, 7) is 6.41. The van der Waals surface area contributed by atoms with Gasteiger partial charge in [-0.2, -0.15) is 0 Å². The summed E-state index contributed by atoms with van der Waals surface area (Å²) in [6.07, 6.45) is 7.16. The Kier molecular flexibility index (Phi) is 4.78. The molecule has 1 aromatic rings. The van der Waals surface area contributed by atoms with Crippen LogP contribution in [-0.4, -0.2) is 12.5 Å². The summed E-state index contributed by atoms with van der Waals surface area (Å²) in [5.41, 5.74) is 4.43. The van der Waals surface area contributed by atoms with Crippen LogP contribution in [-0.2, 0) is 17.6 Å². The molecular formula is C17H23NO. The van der Waals surface area contributed by atoms with E-state index in [2.05, 4.69) is 37.0 Å². The molecule has 1 N–H and O–H groups in total. The zero-order valence-corrected chi connectivity index (χ0v) is 11.7. The molecule has 1 amide bonds. The van der Waals surface area contributed by atoms with E-state index in [-0.39, 0.29) is 5.91 Å². The first kappa shape index (κ1) is 13.9. The van der Waals surface area contributed by atoms with Crippen LogP contribution in [0, 0.1) is 0 Å². The van der Waals surface area contributed by atoms with Gasteiger partial charge in [0.15, 0.2) is 0 Å². The van der Waals surface area contributed by atoms with Gasteiger partial charge in [0.25, 0.3) is 0 Å². The average molecular weight is 257 g/mol. The minimum atomic E-state index is -0.0710. The predicted molar refractivity (Wildman–Crippen MR) is 79.3 cm³/mol. The molecule has 0 bridgehead atoms. The molecule has 0 aromatic heterocycles. The first-order chi connectivity index (χ1) is 9.24. The quantitative estimate of drug-likeness (QED) is 0.805. The van der Waals surface area contributed by atoms with E-state index >= 15 is 0 Å². The van der Waals surface area contributed by atoms with E-state index in [1.165, 1.54) is 42.0 Å². The summed E-state index contributed by atoms with van der Waals surface area (Å²) in [4.78, 5) is 11.2. The fraction of sp³-hybridized carbons (Fsp3) is 0.471. The maximum absolute atomic E-state index is 11.2. The first-order valence-electron chi connectivity index (χ1n) is 7.26. The zero-order chi connectivity index (χ0) is 13.7. The predicted octanol–water partition coefficient (Wildman–Crippen LogP) is 3.36. The maximum atomic E-state index is 11.2. The van der Waals surface area contributed by atoms with Crippen molar-refractivity contribution in [3.8, 4) is 0 Å². The number of amides is 1. The Bertz CT molecular complexity index is 464. The Morgan fingerprint density at radius 3 is 3.11 bits per heavy atom.